The van der Waals surface area contributed by atoms with Crippen LogP contribution in [0.2, 0.25) is 0 Å². The zero-order valence-corrected chi connectivity index (χ0v) is 14.7. The van der Waals surface area contributed by atoms with Crippen LogP contribution in [0.3, 0.4) is 0 Å². The molecular formula is C18H25N5O2. The van der Waals surface area contributed by atoms with Crippen molar-refractivity contribution in [2.75, 3.05) is 18.4 Å². The van der Waals surface area contributed by atoms with Crippen LogP contribution in [0.15, 0.2) is 34.9 Å². The van der Waals surface area contributed by atoms with Crippen LogP contribution >= 0.6 is 0 Å². The Kier molecular flexibility index (Phi) is 5.53. The molecule has 3 rings (SSSR count). The monoisotopic (exact) mass is 343 g/mol. The molecule has 2 amide bonds. The third kappa shape index (κ3) is 4.49. The fraction of sp³-hybridized carbons (Fsp3) is 0.500. The van der Waals surface area contributed by atoms with Crippen molar-refractivity contribution in [3.05, 3.63) is 42.0 Å². The molecule has 134 valence electrons. The molecule has 1 fully saturated rings. The summed E-state index contributed by atoms with van der Waals surface area (Å²) in [6, 6.07) is 10.1. The Morgan fingerprint density at radius 1 is 1.40 bits per heavy atom. The van der Waals surface area contributed by atoms with Gasteiger partial charge >= 0.3 is 6.03 Å². The highest BCUT2D eigenvalue weighted by atomic mass is 16.5. The van der Waals surface area contributed by atoms with E-state index in [1.54, 1.807) is 6.92 Å². The maximum absolute atomic E-state index is 12.6. The van der Waals surface area contributed by atoms with E-state index >= 15 is 0 Å². The van der Waals surface area contributed by atoms with Crippen LogP contribution in [0, 0.1) is 6.92 Å². The number of carbonyl (C=O) groups excluding carboxylic acids is 1. The number of benzene rings is 1. The predicted molar refractivity (Wildman–Crippen MR) is 95.3 cm³/mol. The largest absolute Gasteiger partial charge is 0.381 e. The SMILES string of the molecule is CC[C@H](NC(=O)N1CCC[C@@H](Nc2ccccc2)C1)c1noc(C)n1. The summed E-state index contributed by atoms with van der Waals surface area (Å²) in [5.41, 5.74) is 1.09. The number of piperidine rings is 1. The van der Waals surface area contributed by atoms with Crippen molar-refractivity contribution in [1.82, 2.24) is 20.4 Å². The molecule has 2 atom stereocenters. The topological polar surface area (TPSA) is 83.3 Å². The first-order chi connectivity index (χ1) is 12.2. The number of likely N-dealkylation sites (tertiary alicyclic amines) is 1. The van der Waals surface area contributed by atoms with Gasteiger partial charge in [0.1, 0.15) is 0 Å². The molecule has 7 heteroatoms. The zero-order valence-electron chi connectivity index (χ0n) is 14.7. The van der Waals surface area contributed by atoms with Crippen LogP contribution in [0.1, 0.15) is 43.9 Å². The molecule has 7 nitrogen and oxygen atoms in total. The normalized spacial score (nSPS) is 18.6. The lowest BCUT2D eigenvalue weighted by Crippen LogP contribution is -2.49. The summed E-state index contributed by atoms with van der Waals surface area (Å²) in [6.07, 6.45) is 2.75. The van der Waals surface area contributed by atoms with Gasteiger partial charge < -0.3 is 20.1 Å². The van der Waals surface area contributed by atoms with E-state index in [4.69, 9.17) is 4.52 Å². The molecule has 2 aromatic rings. The number of aromatic nitrogens is 2. The van der Waals surface area contributed by atoms with E-state index in [9.17, 15) is 4.79 Å². The van der Waals surface area contributed by atoms with Crippen molar-refractivity contribution in [1.29, 1.82) is 0 Å². The molecule has 1 saturated heterocycles. The molecule has 1 aliphatic rings. The molecule has 0 unspecified atom stereocenters. The van der Waals surface area contributed by atoms with Crippen molar-refractivity contribution in [3.63, 3.8) is 0 Å². The first-order valence-electron chi connectivity index (χ1n) is 8.83. The van der Waals surface area contributed by atoms with Gasteiger partial charge in [0.25, 0.3) is 0 Å². The molecule has 2 heterocycles. The Bertz CT molecular complexity index is 688. The number of para-hydroxylation sites is 1. The van der Waals surface area contributed by atoms with Crippen molar-refractivity contribution in [2.24, 2.45) is 0 Å². The van der Waals surface area contributed by atoms with E-state index in [2.05, 4.69) is 20.8 Å². The summed E-state index contributed by atoms with van der Waals surface area (Å²) in [6.45, 7) is 5.19. The van der Waals surface area contributed by atoms with Crippen molar-refractivity contribution >= 4 is 11.7 Å². The van der Waals surface area contributed by atoms with Gasteiger partial charge in [-0.2, -0.15) is 4.98 Å². The maximum Gasteiger partial charge on any atom is 0.318 e. The second kappa shape index (κ2) is 8.00. The second-order valence-corrected chi connectivity index (χ2v) is 6.38. The number of amides is 2. The summed E-state index contributed by atoms with van der Waals surface area (Å²) in [5.74, 6) is 1.04. The average Bonchev–Trinajstić information content (AvgIpc) is 3.07. The van der Waals surface area contributed by atoms with E-state index in [-0.39, 0.29) is 18.1 Å². The summed E-state index contributed by atoms with van der Waals surface area (Å²) >= 11 is 0. The second-order valence-electron chi connectivity index (χ2n) is 6.38. The number of anilines is 1. The van der Waals surface area contributed by atoms with Crippen LogP contribution in [0.25, 0.3) is 0 Å². The van der Waals surface area contributed by atoms with E-state index in [0.29, 0.717) is 24.7 Å². The minimum absolute atomic E-state index is 0.0751. The lowest BCUT2D eigenvalue weighted by molar-refractivity contribution is 0.177. The lowest BCUT2D eigenvalue weighted by atomic mass is 10.1. The highest BCUT2D eigenvalue weighted by molar-refractivity contribution is 5.74. The average molecular weight is 343 g/mol. The molecular weight excluding hydrogens is 318 g/mol. The number of rotatable bonds is 5. The lowest BCUT2D eigenvalue weighted by Gasteiger charge is -2.34. The Hall–Kier alpha value is -2.57. The van der Waals surface area contributed by atoms with Crippen molar-refractivity contribution in [2.45, 2.75) is 45.2 Å². The highest BCUT2D eigenvalue weighted by Gasteiger charge is 2.26. The number of nitrogens with one attached hydrogen (secondary N) is 2. The number of hydrogen-bond donors (Lipinski definition) is 2. The number of aryl methyl sites for hydroxylation is 1. The van der Waals surface area contributed by atoms with Gasteiger partial charge in [0.05, 0.1) is 6.04 Å². The number of carbonyl (C=O) groups is 1. The zero-order chi connectivity index (χ0) is 17.6. The van der Waals surface area contributed by atoms with Gasteiger partial charge in [-0.25, -0.2) is 4.79 Å². The van der Waals surface area contributed by atoms with E-state index in [1.165, 1.54) is 0 Å². The van der Waals surface area contributed by atoms with E-state index < -0.39 is 0 Å². The number of urea groups is 1. The summed E-state index contributed by atoms with van der Waals surface area (Å²) in [7, 11) is 0. The number of hydrogen-bond acceptors (Lipinski definition) is 5. The first-order valence-corrected chi connectivity index (χ1v) is 8.83. The molecule has 0 saturated carbocycles. The quantitative estimate of drug-likeness (QED) is 0.871. The van der Waals surface area contributed by atoms with Crippen LogP contribution in [0.4, 0.5) is 10.5 Å². The molecule has 1 aromatic carbocycles. The predicted octanol–water partition coefficient (Wildman–Crippen LogP) is 3.12. The fourth-order valence-electron chi connectivity index (χ4n) is 3.10. The van der Waals surface area contributed by atoms with Crippen molar-refractivity contribution < 1.29 is 9.32 Å². The Morgan fingerprint density at radius 2 is 2.20 bits per heavy atom. The van der Waals surface area contributed by atoms with Crippen LogP contribution in [-0.2, 0) is 0 Å². The van der Waals surface area contributed by atoms with Crippen LogP contribution in [-0.4, -0.2) is 40.2 Å². The van der Waals surface area contributed by atoms with Gasteiger partial charge in [0.15, 0.2) is 5.82 Å². The van der Waals surface area contributed by atoms with Crippen LogP contribution in [0.5, 0.6) is 0 Å². The Balaban J connectivity index is 1.57. The first kappa shape index (κ1) is 17.3. The molecule has 1 aliphatic heterocycles. The molecule has 25 heavy (non-hydrogen) atoms. The van der Waals surface area contributed by atoms with Gasteiger partial charge in [-0.1, -0.05) is 30.3 Å². The van der Waals surface area contributed by atoms with E-state index in [1.807, 2.05) is 42.2 Å². The molecule has 0 bridgehead atoms. The molecule has 1 aromatic heterocycles. The van der Waals surface area contributed by atoms with Gasteiger partial charge in [-0.15, -0.1) is 0 Å². The standard InChI is InChI=1S/C18H25N5O2/c1-3-16(17-19-13(2)25-22-17)21-18(24)23-11-7-10-15(12-23)20-14-8-5-4-6-9-14/h4-6,8-9,15-16,20H,3,7,10-12H2,1-2H3,(H,21,24)/t15-,16+/m1/s1. The smallest absolute Gasteiger partial charge is 0.318 e. The minimum Gasteiger partial charge on any atom is -0.381 e. The van der Waals surface area contributed by atoms with E-state index in [0.717, 1.165) is 25.1 Å². The third-order valence-electron chi connectivity index (χ3n) is 4.41. The summed E-state index contributed by atoms with van der Waals surface area (Å²) < 4.78 is 5.02. The Labute approximate surface area is 147 Å². The Morgan fingerprint density at radius 3 is 2.88 bits per heavy atom. The highest BCUT2D eigenvalue weighted by Crippen LogP contribution is 2.18. The van der Waals surface area contributed by atoms with Gasteiger partial charge in [-0.05, 0) is 31.4 Å². The number of nitrogens with zero attached hydrogens (tertiary/aromatic N) is 3. The van der Waals surface area contributed by atoms with Crippen molar-refractivity contribution in [3.8, 4) is 0 Å². The molecule has 2 N–H and O–H groups in total. The third-order valence-corrected chi connectivity index (χ3v) is 4.41. The minimum atomic E-state index is -0.229. The van der Waals surface area contributed by atoms with Gasteiger partial charge in [0.2, 0.25) is 5.89 Å². The summed E-state index contributed by atoms with van der Waals surface area (Å²) in [5, 5.41) is 10.5. The van der Waals surface area contributed by atoms with Gasteiger partial charge in [-0.3, -0.25) is 0 Å². The summed E-state index contributed by atoms with van der Waals surface area (Å²) in [4.78, 5) is 18.7. The maximum atomic E-state index is 12.6. The van der Waals surface area contributed by atoms with Gasteiger partial charge in [0, 0.05) is 31.7 Å². The molecule has 0 aliphatic carbocycles. The fourth-order valence-corrected chi connectivity index (χ4v) is 3.10. The van der Waals surface area contributed by atoms with Crippen LogP contribution < -0.4 is 10.6 Å². The molecule has 0 radical (unpaired) electrons. The molecule has 0 spiro atoms.